The van der Waals surface area contributed by atoms with Crippen molar-refractivity contribution in [3.8, 4) is 22.5 Å². The number of rotatable bonds is 7. The van der Waals surface area contributed by atoms with E-state index >= 15 is 0 Å². The number of anilines is 1. The highest BCUT2D eigenvalue weighted by molar-refractivity contribution is 5.92. The summed E-state index contributed by atoms with van der Waals surface area (Å²) in [4.78, 5) is 25.1. The molecular weight excluding hydrogens is 397 g/mol. The van der Waals surface area contributed by atoms with Crippen molar-refractivity contribution in [1.82, 2.24) is 25.1 Å². The predicted octanol–water partition coefficient (Wildman–Crippen LogP) is 3.07. The molecule has 0 bridgehead atoms. The summed E-state index contributed by atoms with van der Waals surface area (Å²) < 4.78 is 13.5. The highest BCUT2D eigenvalue weighted by atomic mass is 19.1. The number of pyridine rings is 1. The van der Waals surface area contributed by atoms with Crippen molar-refractivity contribution >= 4 is 22.9 Å². The number of nitrogens with two attached hydrogens (primary N) is 1. The summed E-state index contributed by atoms with van der Waals surface area (Å²) in [6, 6.07) is 9.78. The average Bonchev–Trinajstić information content (AvgIpc) is 3.53. The SMILES string of the molecule is NC(=O)Cc1[nH]nc2nc(-c3ccc(F)cc3)c(-c3ccnc(NCC4CC4)n3)cc12. The summed E-state index contributed by atoms with van der Waals surface area (Å²) in [7, 11) is 0. The third kappa shape index (κ3) is 4.07. The molecule has 0 saturated heterocycles. The first-order valence-electron chi connectivity index (χ1n) is 10.1. The van der Waals surface area contributed by atoms with Gasteiger partial charge in [-0.25, -0.2) is 19.3 Å². The van der Waals surface area contributed by atoms with Crippen LogP contribution in [0.4, 0.5) is 10.3 Å². The Balaban J connectivity index is 1.64. The Labute approximate surface area is 177 Å². The molecule has 156 valence electrons. The van der Waals surface area contributed by atoms with E-state index in [4.69, 9.17) is 10.7 Å². The van der Waals surface area contributed by atoms with E-state index in [1.165, 1.54) is 25.0 Å². The largest absolute Gasteiger partial charge is 0.369 e. The van der Waals surface area contributed by atoms with Gasteiger partial charge in [0.25, 0.3) is 0 Å². The lowest BCUT2D eigenvalue weighted by Crippen LogP contribution is -2.14. The van der Waals surface area contributed by atoms with E-state index in [-0.39, 0.29) is 12.2 Å². The molecule has 8 nitrogen and oxygen atoms in total. The number of amides is 1. The average molecular weight is 417 g/mol. The molecule has 0 aliphatic heterocycles. The van der Waals surface area contributed by atoms with Gasteiger partial charge in [-0.15, -0.1) is 0 Å². The second kappa shape index (κ2) is 7.75. The molecule has 0 radical (unpaired) electrons. The number of carbonyl (C=O) groups is 1. The van der Waals surface area contributed by atoms with E-state index in [0.717, 1.165) is 17.7 Å². The standard InChI is InChI=1S/C22H20FN7O/c23-14-5-3-13(4-6-14)20-15(9-16-18(10-19(24)31)29-30-21(16)28-20)17-7-8-25-22(27-17)26-11-12-1-2-12/h3-9,12H,1-2,10-11H2,(H2,24,31)(H,25,26,27)(H,28,29,30). The van der Waals surface area contributed by atoms with Crippen LogP contribution in [0, 0.1) is 11.7 Å². The number of carbonyl (C=O) groups excluding carboxylic acids is 1. The Morgan fingerprint density at radius 1 is 1.19 bits per heavy atom. The van der Waals surface area contributed by atoms with E-state index in [9.17, 15) is 9.18 Å². The van der Waals surface area contributed by atoms with Gasteiger partial charge in [-0.1, -0.05) is 0 Å². The van der Waals surface area contributed by atoms with Gasteiger partial charge in [-0.2, -0.15) is 5.10 Å². The van der Waals surface area contributed by atoms with Gasteiger partial charge < -0.3 is 11.1 Å². The van der Waals surface area contributed by atoms with Crippen molar-refractivity contribution < 1.29 is 9.18 Å². The van der Waals surface area contributed by atoms with Crippen LogP contribution >= 0.6 is 0 Å². The number of fused-ring (bicyclic) bond motifs is 1. The van der Waals surface area contributed by atoms with Crippen LogP contribution < -0.4 is 11.1 Å². The molecule has 1 saturated carbocycles. The van der Waals surface area contributed by atoms with Crippen LogP contribution in [-0.4, -0.2) is 37.6 Å². The summed E-state index contributed by atoms with van der Waals surface area (Å²) in [5, 5.41) is 11.0. The van der Waals surface area contributed by atoms with E-state index in [1.54, 1.807) is 24.4 Å². The number of nitrogens with zero attached hydrogens (tertiary/aromatic N) is 4. The molecule has 1 aliphatic rings. The van der Waals surface area contributed by atoms with Crippen LogP contribution in [0.15, 0.2) is 42.6 Å². The fraction of sp³-hybridized carbons (Fsp3) is 0.227. The van der Waals surface area contributed by atoms with E-state index < -0.39 is 5.91 Å². The van der Waals surface area contributed by atoms with Crippen LogP contribution in [0.2, 0.25) is 0 Å². The lowest BCUT2D eigenvalue weighted by atomic mass is 10.0. The van der Waals surface area contributed by atoms with Gasteiger partial charge in [0, 0.05) is 29.3 Å². The molecule has 1 fully saturated rings. The summed E-state index contributed by atoms with van der Waals surface area (Å²) in [5.41, 5.74) is 9.12. The van der Waals surface area contributed by atoms with Crippen molar-refractivity contribution in [3.63, 3.8) is 0 Å². The molecule has 4 aromatic rings. The first kappa shape index (κ1) is 19.1. The Kier molecular flexibility index (Phi) is 4.78. The zero-order chi connectivity index (χ0) is 21.4. The minimum absolute atomic E-state index is 0.0193. The summed E-state index contributed by atoms with van der Waals surface area (Å²) in [6.45, 7) is 0.843. The minimum atomic E-state index is -0.469. The fourth-order valence-corrected chi connectivity index (χ4v) is 3.48. The first-order chi connectivity index (χ1) is 15.1. The quantitative estimate of drug-likeness (QED) is 0.425. The number of benzene rings is 1. The molecule has 9 heteroatoms. The van der Waals surface area contributed by atoms with Crippen molar-refractivity contribution in [2.24, 2.45) is 11.7 Å². The zero-order valence-electron chi connectivity index (χ0n) is 16.6. The van der Waals surface area contributed by atoms with Crippen LogP contribution in [0.25, 0.3) is 33.5 Å². The molecule has 1 aliphatic carbocycles. The van der Waals surface area contributed by atoms with Crippen LogP contribution in [-0.2, 0) is 11.2 Å². The number of H-pyrrole nitrogens is 1. The lowest BCUT2D eigenvalue weighted by Gasteiger charge is -2.11. The maximum absolute atomic E-state index is 13.5. The molecule has 0 unspecified atom stereocenters. The van der Waals surface area contributed by atoms with Crippen LogP contribution in [0.3, 0.4) is 0 Å². The van der Waals surface area contributed by atoms with Crippen molar-refractivity contribution in [2.75, 3.05) is 11.9 Å². The maximum atomic E-state index is 13.5. The Hall–Kier alpha value is -3.88. The third-order valence-electron chi connectivity index (χ3n) is 5.27. The number of halogens is 1. The van der Waals surface area contributed by atoms with Crippen LogP contribution in [0.1, 0.15) is 18.5 Å². The molecule has 0 spiro atoms. The Bertz CT molecular complexity index is 1260. The molecule has 3 aromatic heterocycles. The summed E-state index contributed by atoms with van der Waals surface area (Å²) >= 11 is 0. The van der Waals surface area contributed by atoms with Gasteiger partial charge in [0.15, 0.2) is 5.65 Å². The van der Waals surface area contributed by atoms with Crippen molar-refractivity contribution in [3.05, 3.63) is 54.1 Å². The molecule has 31 heavy (non-hydrogen) atoms. The molecule has 4 N–H and O–H groups in total. The minimum Gasteiger partial charge on any atom is -0.369 e. The number of nitrogens with one attached hydrogen (secondary N) is 2. The van der Waals surface area contributed by atoms with E-state index in [1.807, 2.05) is 6.07 Å². The number of hydrogen-bond donors (Lipinski definition) is 3. The summed E-state index contributed by atoms with van der Waals surface area (Å²) in [5.74, 6) is 0.424. The number of aromatic nitrogens is 5. The Morgan fingerprint density at radius 2 is 2.00 bits per heavy atom. The molecule has 5 rings (SSSR count). The van der Waals surface area contributed by atoms with Gasteiger partial charge in [0.2, 0.25) is 11.9 Å². The van der Waals surface area contributed by atoms with Crippen LogP contribution in [0.5, 0.6) is 0 Å². The maximum Gasteiger partial charge on any atom is 0.223 e. The number of primary amides is 1. The van der Waals surface area contributed by atoms with Gasteiger partial charge in [0.05, 0.1) is 23.5 Å². The highest BCUT2D eigenvalue weighted by Gasteiger charge is 2.21. The van der Waals surface area contributed by atoms with Gasteiger partial charge in [0.1, 0.15) is 5.82 Å². The molecule has 1 amide bonds. The summed E-state index contributed by atoms with van der Waals surface area (Å²) in [6.07, 6.45) is 4.16. The fourth-order valence-electron chi connectivity index (χ4n) is 3.48. The van der Waals surface area contributed by atoms with Gasteiger partial charge in [-0.05, 0) is 55.2 Å². The molecular formula is C22H20FN7O. The topological polar surface area (TPSA) is 122 Å². The smallest absolute Gasteiger partial charge is 0.223 e. The van der Waals surface area contributed by atoms with Crippen molar-refractivity contribution in [2.45, 2.75) is 19.3 Å². The van der Waals surface area contributed by atoms with E-state index in [0.29, 0.717) is 40.0 Å². The molecule has 1 aromatic carbocycles. The van der Waals surface area contributed by atoms with Gasteiger partial charge in [-0.3, -0.25) is 9.89 Å². The van der Waals surface area contributed by atoms with E-state index in [2.05, 4.69) is 25.5 Å². The Morgan fingerprint density at radius 3 is 2.74 bits per heavy atom. The lowest BCUT2D eigenvalue weighted by molar-refractivity contribution is -0.117. The second-order valence-corrected chi connectivity index (χ2v) is 7.70. The van der Waals surface area contributed by atoms with Crippen molar-refractivity contribution in [1.29, 1.82) is 0 Å². The zero-order valence-corrected chi connectivity index (χ0v) is 16.6. The predicted molar refractivity (Wildman–Crippen MR) is 114 cm³/mol. The first-order valence-corrected chi connectivity index (χ1v) is 10.1. The third-order valence-corrected chi connectivity index (χ3v) is 5.27. The number of aromatic amines is 1. The molecule has 3 heterocycles. The monoisotopic (exact) mass is 417 g/mol. The second-order valence-electron chi connectivity index (χ2n) is 7.70. The van der Waals surface area contributed by atoms with Gasteiger partial charge >= 0.3 is 0 Å². The number of hydrogen-bond acceptors (Lipinski definition) is 6. The normalized spacial score (nSPS) is 13.5. The highest BCUT2D eigenvalue weighted by Crippen LogP contribution is 2.34. The molecule has 0 atom stereocenters.